The van der Waals surface area contributed by atoms with Gasteiger partial charge in [0.25, 0.3) is 0 Å². The van der Waals surface area contributed by atoms with Crippen molar-refractivity contribution in [3.05, 3.63) is 36.4 Å². The van der Waals surface area contributed by atoms with E-state index >= 15 is 0 Å². The number of aryl methyl sites for hydroxylation is 1. The maximum Gasteiger partial charge on any atom is 0.225 e. The fourth-order valence-corrected chi connectivity index (χ4v) is 3.97. The molecule has 2 aromatic heterocycles. The Labute approximate surface area is 142 Å². The lowest BCUT2D eigenvalue weighted by Gasteiger charge is -2.41. The summed E-state index contributed by atoms with van der Waals surface area (Å²) >= 11 is 0. The number of carbonyl (C=O) groups excluding carboxylic acids is 1. The molecule has 1 aliphatic carbocycles. The van der Waals surface area contributed by atoms with E-state index in [9.17, 15) is 4.79 Å². The predicted molar refractivity (Wildman–Crippen MR) is 92.2 cm³/mol. The zero-order valence-corrected chi connectivity index (χ0v) is 14.2. The van der Waals surface area contributed by atoms with Crippen molar-refractivity contribution < 1.29 is 4.79 Å². The van der Waals surface area contributed by atoms with E-state index in [2.05, 4.69) is 26.4 Å². The van der Waals surface area contributed by atoms with E-state index in [0.717, 1.165) is 49.6 Å². The van der Waals surface area contributed by atoms with Crippen LogP contribution < -0.4 is 0 Å². The number of hydrogen-bond donors (Lipinski definition) is 0. The first-order valence-corrected chi connectivity index (χ1v) is 8.93. The second kappa shape index (κ2) is 6.38. The van der Waals surface area contributed by atoms with Crippen LogP contribution in [0.3, 0.4) is 0 Å². The molecule has 0 bridgehead atoms. The average molecular weight is 324 g/mol. The molecule has 2 fully saturated rings. The highest BCUT2D eigenvalue weighted by Crippen LogP contribution is 2.30. The standard InChI is InChI=1S/C19H24N4O/c1-14-9-21-18(17-7-4-8-20-10-17)23(14)13-15-11-22(12-15)19(24)16-5-2-3-6-16/h4,7-10,15-16H,2-3,5-6,11-13H2,1H3. The van der Waals surface area contributed by atoms with Crippen molar-refractivity contribution >= 4 is 5.91 Å². The Bertz CT molecular complexity index is 712. The number of pyridine rings is 1. The largest absolute Gasteiger partial charge is 0.342 e. The predicted octanol–water partition coefficient (Wildman–Crippen LogP) is 2.90. The van der Waals surface area contributed by atoms with E-state index in [-0.39, 0.29) is 0 Å². The summed E-state index contributed by atoms with van der Waals surface area (Å²) in [6.07, 6.45) is 10.2. The van der Waals surface area contributed by atoms with Crippen LogP contribution in [0, 0.1) is 18.8 Å². The molecule has 2 aromatic rings. The normalized spacial score (nSPS) is 18.8. The highest BCUT2D eigenvalue weighted by atomic mass is 16.2. The van der Waals surface area contributed by atoms with Gasteiger partial charge in [-0.15, -0.1) is 0 Å². The topological polar surface area (TPSA) is 51.0 Å². The molecule has 5 nitrogen and oxygen atoms in total. The quantitative estimate of drug-likeness (QED) is 0.869. The van der Waals surface area contributed by atoms with E-state index in [1.54, 1.807) is 6.20 Å². The molecule has 1 saturated heterocycles. The van der Waals surface area contributed by atoms with E-state index in [1.165, 1.54) is 12.8 Å². The van der Waals surface area contributed by atoms with Crippen LogP contribution in [-0.4, -0.2) is 38.4 Å². The van der Waals surface area contributed by atoms with Gasteiger partial charge in [0, 0.05) is 61.3 Å². The number of aromatic nitrogens is 3. The van der Waals surface area contributed by atoms with Crippen molar-refractivity contribution in [2.45, 2.75) is 39.2 Å². The molecule has 1 saturated carbocycles. The van der Waals surface area contributed by atoms with Gasteiger partial charge in [0.1, 0.15) is 5.82 Å². The first kappa shape index (κ1) is 15.4. The van der Waals surface area contributed by atoms with Gasteiger partial charge < -0.3 is 9.47 Å². The van der Waals surface area contributed by atoms with Crippen LogP contribution in [0.25, 0.3) is 11.4 Å². The molecule has 3 heterocycles. The lowest BCUT2D eigenvalue weighted by molar-refractivity contribution is -0.142. The molecule has 0 unspecified atom stereocenters. The number of imidazole rings is 1. The van der Waals surface area contributed by atoms with Crippen LogP contribution in [0.5, 0.6) is 0 Å². The molecular weight excluding hydrogens is 300 g/mol. The fraction of sp³-hybridized carbons (Fsp3) is 0.526. The molecule has 0 N–H and O–H groups in total. The molecule has 0 atom stereocenters. The lowest BCUT2D eigenvalue weighted by Crippen LogP contribution is -2.53. The summed E-state index contributed by atoms with van der Waals surface area (Å²) in [5.41, 5.74) is 2.21. The molecule has 5 heteroatoms. The highest BCUT2D eigenvalue weighted by molar-refractivity contribution is 5.79. The molecule has 0 aromatic carbocycles. The third kappa shape index (κ3) is 2.83. The van der Waals surface area contributed by atoms with Crippen molar-refractivity contribution in [3.8, 4) is 11.4 Å². The van der Waals surface area contributed by atoms with E-state index in [4.69, 9.17) is 0 Å². The third-order valence-corrected chi connectivity index (χ3v) is 5.39. The minimum atomic E-state index is 0.298. The maximum atomic E-state index is 12.4. The van der Waals surface area contributed by atoms with Crippen LogP contribution >= 0.6 is 0 Å². The highest BCUT2D eigenvalue weighted by Gasteiger charge is 2.35. The number of hydrogen-bond acceptors (Lipinski definition) is 3. The summed E-state index contributed by atoms with van der Waals surface area (Å²) in [5, 5.41) is 0. The van der Waals surface area contributed by atoms with Gasteiger partial charge in [0.15, 0.2) is 0 Å². The lowest BCUT2D eigenvalue weighted by atomic mass is 9.96. The van der Waals surface area contributed by atoms with Crippen LogP contribution in [0.15, 0.2) is 30.7 Å². The zero-order valence-electron chi connectivity index (χ0n) is 14.2. The SMILES string of the molecule is Cc1cnc(-c2cccnc2)n1CC1CN(C(=O)C2CCCC2)C1. The van der Waals surface area contributed by atoms with Crippen LogP contribution in [0.4, 0.5) is 0 Å². The fourth-order valence-electron chi connectivity index (χ4n) is 3.97. The Hall–Kier alpha value is -2.17. The number of amides is 1. The smallest absolute Gasteiger partial charge is 0.225 e. The van der Waals surface area contributed by atoms with Crippen molar-refractivity contribution in [3.63, 3.8) is 0 Å². The zero-order chi connectivity index (χ0) is 16.5. The van der Waals surface area contributed by atoms with Gasteiger partial charge in [-0.1, -0.05) is 12.8 Å². The molecule has 1 aliphatic heterocycles. The summed E-state index contributed by atoms with van der Waals surface area (Å²) in [5.74, 6) is 2.19. The Balaban J connectivity index is 1.41. The molecule has 0 radical (unpaired) electrons. The van der Waals surface area contributed by atoms with Crippen LogP contribution in [0.2, 0.25) is 0 Å². The van der Waals surface area contributed by atoms with Crippen molar-refractivity contribution in [1.82, 2.24) is 19.4 Å². The van der Waals surface area contributed by atoms with E-state index in [0.29, 0.717) is 17.7 Å². The van der Waals surface area contributed by atoms with E-state index < -0.39 is 0 Å². The monoisotopic (exact) mass is 324 g/mol. The first-order valence-electron chi connectivity index (χ1n) is 8.93. The Morgan fingerprint density at radius 3 is 2.75 bits per heavy atom. The molecule has 126 valence electrons. The van der Waals surface area contributed by atoms with Crippen LogP contribution in [0.1, 0.15) is 31.4 Å². The summed E-state index contributed by atoms with van der Waals surface area (Å²) in [6.45, 7) is 4.79. The van der Waals surface area contributed by atoms with Crippen molar-refractivity contribution in [2.24, 2.45) is 11.8 Å². The minimum absolute atomic E-state index is 0.298. The molecule has 1 amide bonds. The second-order valence-corrected chi connectivity index (χ2v) is 7.17. The molecule has 0 spiro atoms. The second-order valence-electron chi connectivity index (χ2n) is 7.17. The van der Waals surface area contributed by atoms with E-state index in [1.807, 2.05) is 24.5 Å². The first-order chi connectivity index (χ1) is 11.7. The van der Waals surface area contributed by atoms with Gasteiger partial charge in [0.05, 0.1) is 0 Å². The third-order valence-electron chi connectivity index (χ3n) is 5.39. The summed E-state index contributed by atoms with van der Waals surface area (Å²) in [6, 6.07) is 3.98. The Morgan fingerprint density at radius 2 is 2.04 bits per heavy atom. The maximum absolute atomic E-state index is 12.4. The average Bonchev–Trinajstić information content (AvgIpc) is 3.21. The van der Waals surface area contributed by atoms with Gasteiger partial charge >= 0.3 is 0 Å². The number of carbonyl (C=O) groups is 1. The number of likely N-dealkylation sites (tertiary alicyclic amines) is 1. The van der Waals surface area contributed by atoms with Gasteiger partial charge in [-0.2, -0.15) is 0 Å². The summed E-state index contributed by atoms with van der Waals surface area (Å²) in [7, 11) is 0. The van der Waals surface area contributed by atoms with Gasteiger partial charge in [0.2, 0.25) is 5.91 Å². The van der Waals surface area contributed by atoms with Gasteiger partial charge in [-0.05, 0) is 31.9 Å². The Morgan fingerprint density at radius 1 is 1.25 bits per heavy atom. The molecule has 4 rings (SSSR count). The van der Waals surface area contributed by atoms with Crippen LogP contribution in [-0.2, 0) is 11.3 Å². The number of nitrogens with zero attached hydrogens (tertiary/aromatic N) is 4. The molecule has 24 heavy (non-hydrogen) atoms. The Kier molecular flexibility index (Phi) is 4.08. The number of rotatable bonds is 4. The summed E-state index contributed by atoms with van der Waals surface area (Å²) < 4.78 is 2.26. The summed E-state index contributed by atoms with van der Waals surface area (Å²) in [4.78, 5) is 23.2. The van der Waals surface area contributed by atoms with Gasteiger partial charge in [-0.3, -0.25) is 9.78 Å². The van der Waals surface area contributed by atoms with Crippen molar-refractivity contribution in [2.75, 3.05) is 13.1 Å². The molecular formula is C19H24N4O. The van der Waals surface area contributed by atoms with Crippen molar-refractivity contribution in [1.29, 1.82) is 0 Å². The molecule has 2 aliphatic rings. The van der Waals surface area contributed by atoms with Gasteiger partial charge in [-0.25, -0.2) is 4.98 Å². The minimum Gasteiger partial charge on any atom is -0.342 e.